The smallest absolute Gasteiger partial charge is 0.231 e. The fourth-order valence-electron chi connectivity index (χ4n) is 2.57. The molecule has 0 fully saturated rings. The topological polar surface area (TPSA) is 60.7 Å². The number of fused-ring (bicyclic) bond motifs is 1. The number of ether oxygens (including phenoxy) is 4. The van der Waals surface area contributed by atoms with Crippen molar-refractivity contribution in [1.29, 1.82) is 5.26 Å². The average molecular weight is 323 g/mol. The third-order valence-corrected chi connectivity index (χ3v) is 3.67. The summed E-state index contributed by atoms with van der Waals surface area (Å²) in [5, 5.41) is 9.19. The number of nitrogens with zero attached hydrogens (tertiary/aromatic N) is 1. The number of nitriles is 1. The van der Waals surface area contributed by atoms with Gasteiger partial charge in [0.2, 0.25) is 6.79 Å². The third-order valence-electron chi connectivity index (χ3n) is 3.67. The molecule has 0 radical (unpaired) electrons. The predicted molar refractivity (Wildman–Crippen MR) is 89.4 cm³/mol. The maximum atomic E-state index is 9.19. The lowest BCUT2D eigenvalue weighted by Crippen LogP contribution is -1.97. The van der Waals surface area contributed by atoms with Crippen molar-refractivity contribution < 1.29 is 18.9 Å². The zero-order chi connectivity index (χ0) is 16.9. The summed E-state index contributed by atoms with van der Waals surface area (Å²) in [6.45, 7) is 2.66. The second-order valence-electron chi connectivity index (χ2n) is 5.05. The number of rotatable bonds is 5. The molecule has 0 N–H and O–H groups in total. The maximum absolute atomic E-state index is 9.19. The van der Waals surface area contributed by atoms with Gasteiger partial charge in [0.1, 0.15) is 0 Å². The van der Waals surface area contributed by atoms with Crippen LogP contribution in [0.2, 0.25) is 0 Å². The largest absolute Gasteiger partial charge is 0.493 e. The Morgan fingerprint density at radius 1 is 1.12 bits per heavy atom. The SMILES string of the molecule is CCOc1cc(/C(=C/C#N)c2ccc3c(c2)OCO3)ccc1OC. The van der Waals surface area contributed by atoms with Gasteiger partial charge in [-0.2, -0.15) is 5.26 Å². The van der Waals surface area contributed by atoms with Gasteiger partial charge in [-0.3, -0.25) is 0 Å². The van der Waals surface area contributed by atoms with Gasteiger partial charge in [0, 0.05) is 6.08 Å². The van der Waals surface area contributed by atoms with Crippen molar-refractivity contribution in [3.63, 3.8) is 0 Å². The predicted octanol–water partition coefficient (Wildman–Crippen LogP) is 3.78. The zero-order valence-electron chi connectivity index (χ0n) is 13.5. The normalized spacial score (nSPS) is 12.6. The molecule has 5 nitrogen and oxygen atoms in total. The van der Waals surface area contributed by atoms with Crippen LogP contribution in [-0.4, -0.2) is 20.5 Å². The summed E-state index contributed by atoms with van der Waals surface area (Å²) in [6.07, 6.45) is 1.51. The Labute approximate surface area is 140 Å². The molecule has 1 heterocycles. The van der Waals surface area contributed by atoms with Crippen LogP contribution in [0.5, 0.6) is 23.0 Å². The lowest BCUT2D eigenvalue weighted by atomic mass is 9.97. The monoisotopic (exact) mass is 323 g/mol. The van der Waals surface area contributed by atoms with Crippen LogP contribution in [0.3, 0.4) is 0 Å². The van der Waals surface area contributed by atoms with E-state index in [1.807, 2.05) is 43.3 Å². The van der Waals surface area contributed by atoms with Gasteiger partial charge in [0.15, 0.2) is 23.0 Å². The molecule has 122 valence electrons. The van der Waals surface area contributed by atoms with Crippen molar-refractivity contribution in [3.8, 4) is 29.1 Å². The molecule has 0 unspecified atom stereocenters. The second kappa shape index (κ2) is 6.97. The highest BCUT2D eigenvalue weighted by molar-refractivity contribution is 5.83. The van der Waals surface area contributed by atoms with Gasteiger partial charge in [-0.25, -0.2) is 0 Å². The molecule has 1 aliphatic heterocycles. The molecule has 0 amide bonds. The van der Waals surface area contributed by atoms with Gasteiger partial charge < -0.3 is 18.9 Å². The van der Waals surface area contributed by atoms with Crippen molar-refractivity contribution in [1.82, 2.24) is 0 Å². The van der Waals surface area contributed by atoms with E-state index in [1.54, 1.807) is 7.11 Å². The molecule has 0 aromatic heterocycles. The lowest BCUT2D eigenvalue weighted by molar-refractivity contribution is 0.174. The Kier molecular flexibility index (Phi) is 4.57. The first kappa shape index (κ1) is 15.8. The minimum absolute atomic E-state index is 0.215. The quantitative estimate of drug-likeness (QED) is 0.784. The molecule has 0 bridgehead atoms. The molecule has 2 aromatic carbocycles. The molecular formula is C19H17NO4. The summed E-state index contributed by atoms with van der Waals surface area (Å²) < 4.78 is 21.7. The fraction of sp³-hybridized carbons (Fsp3) is 0.211. The fourth-order valence-corrected chi connectivity index (χ4v) is 2.57. The number of hydrogen-bond acceptors (Lipinski definition) is 5. The van der Waals surface area contributed by atoms with Crippen LogP contribution in [0.1, 0.15) is 18.1 Å². The van der Waals surface area contributed by atoms with Crippen LogP contribution in [-0.2, 0) is 0 Å². The van der Waals surface area contributed by atoms with Crippen LogP contribution in [0.4, 0.5) is 0 Å². The summed E-state index contributed by atoms with van der Waals surface area (Å²) in [5.41, 5.74) is 2.51. The number of hydrogen-bond donors (Lipinski definition) is 0. The zero-order valence-corrected chi connectivity index (χ0v) is 13.5. The average Bonchev–Trinajstić information content (AvgIpc) is 3.07. The van der Waals surface area contributed by atoms with E-state index < -0.39 is 0 Å². The van der Waals surface area contributed by atoms with Crippen molar-refractivity contribution in [2.75, 3.05) is 20.5 Å². The van der Waals surface area contributed by atoms with Crippen LogP contribution in [0.25, 0.3) is 5.57 Å². The van der Waals surface area contributed by atoms with Crippen LogP contribution < -0.4 is 18.9 Å². The highest BCUT2D eigenvalue weighted by Crippen LogP contribution is 2.38. The van der Waals surface area contributed by atoms with Crippen molar-refractivity contribution >= 4 is 5.57 Å². The molecule has 1 aliphatic rings. The van der Waals surface area contributed by atoms with Crippen LogP contribution >= 0.6 is 0 Å². The Balaban J connectivity index is 2.05. The minimum atomic E-state index is 0.215. The standard InChI is InChI=1S/C19H17NO4/c1-3-22-18-10-13(4-6-16(18)21-2)15(8-9-20)14-5-7-17-19(11-14)24-12-23-17/h4-8,10-11H,3,12H2,1-2H3/b15-8-. The van der Waals surface area contributed by atoms with Crippen LogP contribution in [0, 0.1) is 11.3 Å². The Morgan fingerprint density at radius 2 is 1.88 bits per heavy atom. The molecule has 0 spiro atoms. The summed E-state index contributed by atoms with van der Waals surface area (Å²) >= 11 is 0. The molecule has 0 saturated heterocycles. The summed E-state index contributed by atoms with van der Waals surface area (Å²) in [4.78, 5) is 0. The number of allylic oxidation sites excluding steroid dienone is 1. The summed E-state index contributed by atoms with van der Waals surface area (Å²) in [5.74, 6) is 2.68. The minimum Gasteiger partial charge on any atom is -0.493 e. The summed E-state index contributed by atoms with van der Waals surface area (Å²) in [6, 6.07) is 13.3. The highest BCUT2D eigenvalue weighted by Gasteiger charge is 2.16. The van der Waals surface area contributed by atoms with Gasteiger partial charge in [0.05, 0.1) is 19.8 Å². The van der Waals surface area contributed by atoms with E-state index in [0.29, 0.717) is 29.6 Å². The van der Waals surface area contributed by atoms with E-state index in [-0.39, 0.29) is 6.79 Å². The van der Waals surface area contributed by atoms with Crippen molar-refractivity contribution in [2.45, 2.75) is 6.92 Å². The summed E-state index contributed by atoms with van der Waals surface area (Å²) in [7, 11) is 1.60. The van der Waals surface area contributed by atoms with Gasteiger partial charge in [-0.15, -0.1) is 0 Å². The lowest BCUT2D eigenvalue weighted by Gasteiger charge is -2.13. The Hall–Kier alpha value is -3.13. The Morgan fingerprint density at radius 3 is 2.62 bits per heavy atom. The van der Waals surface area contributed by atoms with E-state index in [9.17, 15) is 5.26 Å². The Bertz CT molecular complexity index is 821. The molecule has 0 saturated carbocycles. The van der Waals surface area contributed by atoms with E-state index in [1.165, 1.54) is 6.08 Å². The molecule has 0 atom stereocenters. The number of benzene rings is 2. The van der Waals surface area contributed by atoms with Crippen molar-refractivity contribution in [2.24, 2.45) is 0 Å². The number of methoxy groups -OCH3 is 1. The first-order chi connectivity index (χ1) is 11.8. The molecular weight excluding hydrogens is 306 g/mol. The van der Waals surface area contributed by atoms with Gasteiger partial charge >= 0.3 is 0 Å². The molecule has 2 aromatic rings. The van der Waals surface area contributed by atoms with Gasteiger partial charge in [-0.1, -0.05) is 12.1 Å². The van der Waals surface area contributed by atoms with Crippen LogP contribution in [0.15, 0.2) is 42.5 Å². The van der Waals surface area contributed by atoms with Crippen molar-refractivity contribution in [3.05, 3.63) is 53.6 Å². The van der Waals surface area contributed by atoms with E-state index >= 15 is 0 Å². The van der Waals surface area contributed by atoms with E-state index in [2.05, 4.69) is 6.07 Å². The maximum Gasteiger partial charge on any atom is 0.231 e. The first-order valence-corrected chi connectivity index (χ1v) is 7.57. The van der Waals surface area contributed by atoms with Gasteiger partial charge in [0.25, 0.3) is 0 Å². The second-order valence-corrected chi connectivity index (χ2v) is 5.05. The molecule has 5 heteroatoms. The molecule has 3 rings (SSSR count). The molecule has 0 aliphatic carbocycles. The third kappa shape index (κ3) is 2.99. The van der Waals surface area contributed by atoms with Gasteiger partial charge in [-0.05, 0) is 47.9 Å². The van der Waals surface area contributed by atoms with E-state index in [4.69, 9.17) is 18.9 Å². The first-order valence-electron chi connectivity index (χ1n) is 7.57. The highest BCUT2D eigenvalue weighted by atomic mass is 16.7. The van der Waals surface area contributed by atoms with E-state index in [0.717, 1.165) is 16.7 Å². The molecule has 24 heavy (non-hydrogen) atoms.